The van der Waals surface area contributed by atoms with Crippen LogP contribution in [-0.2, 0) is 4.79 Å². The van der Waals surface area contributed by atoms with E-state index in [9.17, 15) is 4.79 Å². The number of carbonyl (C=O) groups excluding carboxylic acids is 1. The maximum atomic E-state index is 11.7. The van der Waals surface area contributed by atoms with E-state index in [2.05, 4.69) is 56.9 Å². The molecule has 0 N–H and O–H groups in total. The zero-order chi connectivity index (χ0) is 15.6. The van der Waals surface area contributed by atoms with E-state index < -0.39 is 4.75 Å². The molecule has 0 aliphatic rings. The molecule has 0 heterocycles. The first kappa shape index (κ1) is 17.9. The molecule has 0 aromatic heterocycles. The van der Waals surface area contributed by atoms with Crippen LogP contribution in [0.15, 0.2) is 29.2 Å². The van der Waals surface area contributed by atoms with E-state index in [0.717, 1.165) is 49.7 Å². The van der Waals surface area contributed by atoms with Crippen molar-refractivity contribution in [2.45, 2.75) is 68.9 Å². The highest BCUT2D eigenvalue weighted by Crippen LogP contribution is 2.35. The summed E-state index contributed by atoms with van der Waals surface area (Å²) in [7, 11) is 0. The van der Waals surface area contributed by atoms with Crippen LogP contribution in [0.2, 0.25) is 0 Å². The predicted molar refractivity (Wildman–Crippen MR) is 92.7 cm³/mol. The lowest BCUT2D eigenvalue weighted by Crippen LogP contribution is -2.24. The van der Waals surface area contributed by atoms with Crippen LogP contribution in [0.25, 0.3) is 0 Å². The summed E-state index contributed by atoms with van der Waals surface area (Å²) in [5, 5.41) is 0. The van der Waals surface area contributed by atoms with E-state index in [4.69, 9.17) is 0 Å². The van der Waals surface area contributed by atoms with Gasteiger partial charge in [0.2, 0.25) is 0 Å². The second kappa shape index (κ2) is 9.68. The van der Waals surface area contributed by atoms with Gasteiger partial charge in [-0.1, -0.05) is 68.5 Å². The van der Waals surface area contributed by atoms with Crippen molar-refractivity contribution >= 4 is 18.0 Å². The van der Waals surface area contributed by atoms with Gasteiger partial charge in [-0.3, -0.25) is 0 Å². The molecule has 1 aromatic rings. The fourth-order valence-electron chi connectivity index (χ4n) is 1.98. The number of rotatable bonds is 8. The van der Waals surface area contributed by atoms with Crippen LogP contribution in [0, 0.1) is 18.8 Å². The van der Waals surface area contributed by atoms with Crippen LogP contribution in [0.4, 0.5) is 0 Å². The van der Waals surface area contributed by atoms with Gasteiger partial charge < -0.3 is 4.79 Å². The van der Waals surface area contributed by atoms with Crippen LogP contribution in [-0.4, -0.2) is 11.0 Å². The largest absolute Gasteiger partial charge is 0.301 e. The predicted octanol–water partition coefficient (Wildman–Crippen LogP) is 5.41. The van der Waals surface area contributed by atoms with Gasteiger partial charge in [0.1, 0.15) is 11.0 Å². The molecule has 0 amide bonds. The van der Waals surface area contributed by atoms with Crippen molar-refractivity contribution in [2.24, 2.45) is 0 Å². The van der Waals surface area contributed by atoms with E-state index in [0.29, 0.717) is 0 Å². The molecule has 0 aliphatic carbocycles. The Morgan fingerprint density at radius 3 is 2.38 bits per heavy atom. The third kappa shape index (κ3) is 6.40. The molecule has 0 spiro atoms. The number of hydrogen-bond donors (Lipinski definition) is 0. The quantitative estimate of drug-likeness (QED) is 0.276. The van der Waals surface area contributed by atoms with Crippen molar-refractivity contribution < 1.29 is 4.79 Å². The van der Waals surface area contributed by atoms with Gasteiger partial charge >= 0.3 is 0 Å². The Morgan fingerprint density at radius 2 is 1.81 bits per heavy atom. The maximum Gasteiger partial charge on any atom is 0.148 e. The van der Waals surface area contributed by atoms with Crippen molar-refractivity contribution in [3.63, 3.8) is 0 Å². The average Bonchev–Trinajstić information content (AvgIpc) is 2.51. The SMILES string of the molecule is CCCCC#CC(C=O)(CCCC)Sc1ccc(C)cc1. The summed E-state index contributed by atoms with van der Waals surface area (Å²) < 4.78 is -0.584. The number of hydrogen-bond acceptors (Lipinski definition) is 2. The zero-order valence-corrected chi connectivity index (χ0v) is 14.3. The molecule has 0 radical (unpaired) electrons. The van der Waals surface area contributed by atoms with Crippen LogP contribution < -0.4 is 0 Å². The Labute approximate surface area is 133 Å². The summed E-state index contributed by atoms with van der Waals surface area (Å²) in [6, 6.07) is 8.33. The van der Waals surface area contributed by atoms with Crippen molar-refractivity contribution in [3.8, 4) is 11.8 Å². The molecule has 0 fully saturated rings. The minimum absolute atomic E-state index is 0.584. The van der Waals surface area contributed by atoms with E-state index in [1.807, 2.05) is 0 Å². The number of unbranched alkanes of at least 4 members (excludes halogenated alkanes) is 3. The van der Waals surface area contributed by atoms with Gasteiger partial charge in [0.25, 0.3) is 0 Å². The molecule has 1 nitrogen and oxygen atoms in total. The highest BCUT2D eigenvalue weighted by Gasteiger charge is 2.28. The van der Waals surface area contributed by atoms with Crippen LogP contribution >= 0.6 is 11.8 Å². The van der Waals surface area contributed by atoms with Gasteiger partial charge in [-0.05, 0) is 31.9 Å². The number of aldehydes is 1. The van der Waals surface area contributed by atoms with Crippen molar-refractivity contribution in [1.82, 2.24) is 0 Å². The Morgan fingerprint density at radius 1 is 1.14 bits per heavy atom. The Bertz CT molecular complexity index is 481. The summed E-state index contributed by atoms with van der Waals surface area (Å²) in [6.45, 7) is 6.38. The third-order valence-corrected chi connectivity index (χ3v) is 4.64. The Kier molecular flexibility index (Phi) is 8.23. The summed E-state index contributed by atoms with van der Waals surface area (Å²) >= 11 is 1.60. The summed E-state index contributed by atoms with van der Waals surface area (Å²) in [6.07, 6.45) is 7.11. The molecule has 114 valence electrons. The molecule has 0 aliphatic heterocycles. The Balaban J connectivity index is 2.89. The second-order valence-electron chi connectivity index (χ2n) is 5.43. The highest BCUT2D eigenvalue weighted by atomic mass is 32.2. The lowest BCUT2D eigenvalue weighted by atomic mass is 10.0. The monoisotopic (exact) mass is 302 g/mol. The third-order valence-electron chi connectivity index (χ3n) is 3.37. The van der Waals surface area contributed by atoms with Crippen LogP contribution in [0.1, 0.15) is 57.9 Å². The van der Waals surface area contributed by atoms with E-state index in [1.165, 1.54) is 5.56 Å². The minimum atomic E-state index is -0.584. The number of thioether (sulfide) groups is 1. The standard InChI is InChI=1S/C19H26OS/c1-4-6-8-9-15-19(16-20,14-7-5-2)21-18-12-10-17(3)11-13-18/h10-13,16H,4-8,14H2,1-3H3. The van der Waals surface area contributed by atoms with Crippen LogP contribution in [0.3, 0.4) is 0 Å². The summed E-state index contributed by atoms with van der Waals surface area (Å²) in [5.74, 6) is 6.48. The first-order valence-corrected chi connectivity index (χ1v) is 8.69. The van der Waals surface area contributed by atoms with Crippen LogP contribution in [0.5, 0.6) is 0 Å². The molecular weight excluding hydrogens is 276 g/mol. The molecule has 1 atom stereocenters. The molecule has 0 saturated carbocycles. The Hall–Kier alpha value is -1.20. The lowest BCUT2D eigenvalue weighted by molar-refractivity contribution is -0.108. The summed E-state index contributed by atoms with van der Waals surface area (Å²) in [4.78, 5) is 12.9. The fraction of sp³-hybridized carbons (Fsp3) is 0.526. The number of carbonyl (C=O) groups is 1. The van der Waals surface area contributed by atoms with Gasteiger partial charge in [-0.25, -0.2) is 0 Å². The van der Waals surface area contributed by atoms with Gasteiger partial charge in [-0.2, -0.15) is 0 Å². The fourth-order valence-corrected chi connectivity index (χ4v) is 3.10. The first-order chi connectivity index (χ1) is 10.2. The smallest absolute Gasteiger partial charge is 0.148 e. The minimum Gasteiger partial charge on any atom is -0.301 e. The topological polar surface area (TPSA) is 17.1 Å². The van der Waals surface area contributed by atoms with Gasteiger partial charge in [0, 0.05) is 11.3 Å². The molecule has 1 unspecified atom stereocenters. The summed E-state index contributed by atoms with van der Waals surface area (Å²) in [5.41, 5.74) is 1.23. The second-order valence-corrected chi connectivity index (χ2v) is 6.84. The van der Waals surface area contributed by atoms with Gasteiger partial charge in [0.05, 0.1) is 0 Å². The molecule has 1 aromatic carbocycles. The molecular formula is C19H26OS. The van der Waals surface area contributed by atoms with E-state index >= 15 is 0 Å². The van der Waals surface area contributed by atoms with Gasteiger partial charge in [0.15, 0.2) is 0 Å². The van der Waals surface area contributed by atoms with Crippen molar-refractivity contribution in [2.75, 3.05) is 0 Å². The average molecular weight is 302 g/mol. The highest BCUT2D eigenvalue weighted by molar-refractivity contribution is 8.01. The molecule has 2 heteroatoms. The normalized spacial score (nSPS) is 13.1. The zero-order valence-electron chi connectivity index (χ0n) is 13.4. The van der Waals surface area contributed by atoms with Crippen molar-refractivity contribution in [3.05, 3.63) is 29.8 Å². The number of benzene rings is 1. The molecule has 1 rings (SSSR count). The number of aryl methyl sites for hydroxylation is 1. The molecule has 0 saturated heterocycles. The first-order valence-electron chi connectivity index (χ1n) is 7.88. The van der Waals surface area contributed by atoms with E-state index in [1.54, 1.807) is 11.8 Å². The molecule has 21 heavy (non-hydrogen) atoms. The molecule has 0 bridgehead atoms. The van der Waals surface area contributed by atoms with Crippen molar-refractivity contribution in [1.29, 1.82) is 0 Å². The maximum absolute atomic E-state index is 11.7. The lowest BCUT2D eigenvalue weighted by Gasteiger charge is -2.21. The van der Waals surface area contributed by atoms with Gasteiger partial charge in [-0.15, -0.1) is 5.92 Å². The van der Waals surface area contributed by atoms with E-state index in [-0.39, 0.29) is 0 Å².